The molecule has 1 heterocycles. The monoisotopic (exact) mass is 559 g/mol. The number of benzene rings is 3. The van der Waals surface area contributed by atoms with E-state index in [1.165, 1.54) is 6.92 Å². The number of Topliss-reactive ketones (excluding diaryl/α,β-unsaturated/α-hetero) is 1. The predicted molar refractivity (Wildman–Crippen MR) is 159 cm³/mol. The number of carboxylic acids is 2. The molecule has 0 radical (unpaired) electrons. The summed E-state index contributed by atoms with van der Waals surface area (Å²) in [7, 11) is 0. The second-order valence-corrected chi connectivity index (χ2v) is 9.16. The van der Waals surface area contributed by atoms with E-state index in [9.17, 15) is 14.7 Å². The number of aromatic carboxylic acids is 1. The van der Waals surface area contributed by atoms with Crippen LogP contribution in [0.3, 0.4) is 0 Å². The van der Waals surface area contributed by atoms with Crippen molar-refractivity contribution >= 4 is 34.4 Å². The maximum Gasteiger partial charge on any atom is 0.336 e. The molecule has 0 bridgehead atoms. The molecule has 1 aliphatic heterocycles. The van der Waals surface area contributed by atoms with E-state index >= 15 is 0 Å². The first-order valence-corrected chi connectivity index (χ1v) is 13.3. The van der Waals surface area contributed by atoms with Crippen molar-refractivity contribution in [2.24, 2.45) is 0 Å². The topological polar surface area (TPSA) is 120 Å². The molecule has 2 N–H and O–H groups in total. The number of nitrogens with zero attached hydrogens (tertiary/aromatic N) is 2. The number of fused-ring (bicyclic) bond motifs is 2. The molecule has 1 aliphatic carbocycles. The third-order valence-corrected chi connectivity index (χ3v) is 6.28. The van der Waals surface area contributed by atoms with E-state index in [4.69, 9.17) is 19.2 Å². The van der Waals surface area contributed by atoms with Crippen LogP contribution in [0.15, 0.2) is 77.9 Å². The fourth-order valence-electron chi connectivity index (χ4n) is 4.44. The number of carbonyl (C=O) groups excluding carboxylic acids is 1. The number of carbonyl (C=O) groups is 3. The van der Waals surface area contributed by atoms with Gasteiger partial charge in [0.1, 0.15) is 23.7 Å². The van der Waals surface area contributed by atoms with Gasteiger partial charge in [0, 0.05) is 48.5 Å². The van der Waals surface area contributed by atoms with Crippen LogP contribution in [0, 0.1) is 0 Å². The molecule has 2 aromatic rings. The lowest BCUT2D eigenvalue weighted by atomic mass is 9.90. The van der Waals surface area contributed by atoms with Crippen LogP contribution in [0.25, 0.3) is 33.4 Å². The van der Waals surface area contributed by atoms with Gasteiger partial charge >= 0.3 is 5.97 Å². The molecule has 0 aromatic heterocycles. The highest BCUT2D eigenvalue weighted by Gasteiger charge is 2.22. The summed E-state index contributed by atoms with van der Waals surface area (Å²) in [5.41, 5.74) is 3.79. The van der Waals surface area contributed by atoms with E-state index in [1.54, 1.807) is 23.4 Å². The van der Waals surface area contributed by atoms with Crippen molar-refractivity contribution in [3.8, 4) is 22.5 Å². The van der Waals surface area contributed by atoms with Crippen LogP contribution in [0.2, 0.25) is 0 Å². The zero-order valence-electron chi connectivity index (χ0n) is 23.7. The molecular formula is C32H35N2O7+. The normalized spacial score (nSPS) is 11.4. The molecule has 0 spiro atoms. The standard InChI is InChI=1S/C30H30N2O5.C2H4O2/c1-5-31(6-2)21-12-14-25-27(18-21)37-28-19-22(32(7-3)36-17-16-20(4)33)13-15-26(28)29(25)23-10-8-9-11-24(23)30(34)35;1-2(3)4/h5,8-15,18-19H,1,6-7,16-17H2,2-4H3;1H3,(H,3,4)/p+1. The average Bonchev–Trinajstić information content (AvgIpc) is 2.94. The molecule has 0 unspecified atom stereocenters. The van der Waals surface area contributed by atoms with Crippen molar-refractivity contribution in [2.75, 3.05) is 24.8 Å². The zero-order valence-corrected chi connectivity index (χ0v) is 23.7. The predicted octanol–water partition coefficient (Wildman–Crippen LogP) is 5.67. The van der Waals surface area contributed by atoms with Gasteiger partial charge < -0.3 is 14.6 Å². The van der Waals surface area contributed by atoms with Crippen LogP contribution in [0.5, 0.6) is 0 Å². The lowest BCUT2D eigenvalue weighted by Gasteiger charge is -2.23. The molecule has 0 atom stereocenters. The number of hydroxylamine groups is 1. The molecule has 0 amide bonds. The van der Waals surface area contributed by atoms with Gasteiger partial charge in [-0.1, -0.05) is 18.2 Å². The van der Waals surface area contributed by atoms with Gasteiger partial charge in [-0.05, 0) is 57.2 Å². The van der Waals surface area contributed by atoms with Gasteiger partial charge in [0.25, 0.3) is 5.97 Å². The van der Waals surface area contributed by atoms with Crippen molar-refractivity contribution in [2.45, 2.75) is 34.1 Å². The second-order valence-electron chi connectivity index (χ2n) is 9.16. The molecule has 9 heteroatoms. The van der Waals surface area contributed by atoms with E-state index in [0.29, 0.717) is 29.9 Å². The summed E-state index contributed by atoms with van der Waals surface area (Å²) >= 11 is 0. The Morgan fingerprint density at radius 2 is 1.71 bits per heavy atom. The van der Waals surface area contributed by atoms with Gasteiger partial charge in [-0.15, -0.1) is 0 Å². The van der Waals surface area contributed by atoms with E-state index in [-0.39, 0.29) is 18.0 Å². The quantitative estimate of drug-likeness (QED) is 0.145. The fourth-order valence-corrected chi connectivity index (χ4v) is 4.44. The lowest BCUT2D eigenvalue weighted by Crippen LogP contribution is -2.24. The average molecular weight is 560 g/mol. The smallest absolute Gasteiger partial charge is 0.336 e. The van der Waals surface area contributed by atoms with Crippen LogP contribution in [0.4, 0.5) is 5.69 Å². The van der Waals surface area contributed by atoms with Gasteiger partial charge in [-0.2, -0.15) is 4.58 Å². The largest absolute Gasteiger partial charge is 0.481 e. The number of aliphatic carboxylic acids is 1. The van der Waals surface area contributed by atoms with E-state index in [1.807, 2.05) is 67.0 Å². The Kier molecular flexibility index (Phi) is 10.5. The Morgan fingerprint density at radius 1 is 1.00 bits per heavy atom. The molecule has 0 saturated heterocycles. The van der Waals surface area contributed by atoms with Crippen molar-refractivity contribution in [3.05, 3.63) is 84.4 Å². The third-order valence-electron chi connectivity index (χ3n) is 6.28. The van der Waals surface area contributed by atoms with Crippen LogP contribution < -0.4 is 15.0 Å². The van der Waals surface area contributed by atoms with Gasteiger partial charge in [0.15, 0.2) is 6.20 Å². The Hall–Kier alpha value is -4.76. The maximum absolute atomic E-state index is 12.1. The minimum atomic E-state index is -0.995. The molecule has 214 valence electrons. The van der Waals surface area contributed by atoms with E-state index in [2.05, 4.69) is 6.58 Å². The van der Waals surface area contributed by atoms with E-state index < -0.39 is 11.9 Å². The van der Waals surface area contributed by atoms with Crippen LogP contribution in [-0.4, -0.2) is 47.6 Å². The Bertz CT molecular complexity index is 1620. The number of anilines is 1. The van der Waals surface area contributed by atoms with Crippen LogP contribution in [-0.2, 0) is 14.4 Å². The number of ketones is 1. The molecular weight excluding hydrogens is 524 g/mol. The molecule has 2 aliphatic rings. The van der Waals surface area contributed by atoms with Gasteiger partial charge in [-0.25, -0.2) is 4.79 Å². The molecule has 2 aromatic carbocycles. The molecule has 0 saturated carbocycles. The Labute approximate surface area is 238 Å². The number of hydrogen-bond acceptors (Lipinski definition) is 6. The van der Waals surface area contributed by atoms with Crippen molar-refractivity contribution < 1.29 is 33.9 Å². The van der Waals surface area contributed by atoms with Crippen molar-refractivity contribution in [3.63, 3.8) is 0 Å². The van der Waals surface area contributed by atoms with Gasteiger partial charge in [0.05, 0.1) is 23.9 Å². The summed E-state index contributed by atoms with van der Waals surface area (Å²) in [6.07, 6.45) is 2.09. The number of carboxylic acid groups (broad SMARTS) is 2. The van der Waals surface area contributed by atoms with Crippen molar-refractivity contribution in [1.82, 2.24) is 4.58 Å². The summed E-state index contributed by atoms with van der Waals surface area (Å²) < 4.78 is 8.42. The van der Waals surface area contributed by atoms with Gasteiger partial charge in [0.2, 0.25) is 5.36 Å². The van der Waals surface area contributed by atoms with Gasteiger partial charge in [-0.3, -0.25) is 19.5 Å². The second kappa shape index (κ2) is 14.0. The third kappa shape index (κ3) is 7.46. The van der Waals surface area contributed by atoms with E-state index in [0.717, 1.165) is 41.0 Å². The van der Waals surface area contributed by atoms with Crippen LogP contribution >= 0.6 is 0 Å². The highest BCUT2D eigenvalue weighted by molar-refractivity contribution is 6.07. The molecule has 9 nitrogen and oxygen atoms in total. The summed E-state index contributed by atoms with van der Waals surface area (Å²) in [6, 6.07) is 18.6. The Morgan fingerprint density at radius 3 is 2.32 bits per heavy atom. The number of rotatable bonds is 10. The minimum absolute atomic E-state index is 0.0641. The first-order chi connectivity index (χ1) is 19.6. The highest BCUT2D eigenvalue weighted by Crippen LogP contribution is 2.42. The van der Waals surface area contributed by atoms with Crippen molar-refractivity contribution in [1.29, 1.82) is 0 Å². The fraction of sp³-hybridized carbons (Fsp3) is 0.250. The van der Waals surface area contributed by atoms with Crippen LogP contribution in [0.1, 0.15) is 44.5 Å². The summed E-state index contributed by atoms with van der Waals surface area (Å²) in [6.45, 7) is 12.1. The SMILES string of the molecule is C=C[N+](CC)=c1ccc2c(-c3ccccc3C(=O)O)c3ccc(N(CC)OCCC(C)=O)cc3oc-2c1.CC(=O)O. The summed E-state index contributed by atoms with van der Waals surface area (Å²) in [4.78, 5) is 38.3. The summed E-state index contributed by atoms with van der Waals surface area (Å²) in [5.74, 6) is -1.14. The first kappa shape index (κ1) is 30.8. The minimum Gasteiger partial charge on any atom is -0.481 e. The maximum atomic E-state index is 12.1. The number of hydrogen-bond donors (Lipinski definition) is 2. The zero-order chi connectivity index (χ0) is 30.1. The lowest BCUT2D eigenvalue weighted by molar-refractivity contribution is -0.134. The summed E-state index contributed by atoms with van der Waals surface area (Å²) in [5, 5.41) is 20.8. The highest BCUT2D eigenvalue weighted by atomic mass is 16.7. The Balaban J connectivity index is 0.00000108. The first-order valence-electron chi connectivity index (χ1n) is 13.3. The molecule has 0 fully saturated rings. The molecule has 4 rings (SSSR count). The molecule has 41 heavy (non-hydrogen) atoms.